The summed E-state index contributed by atoms with van der Waals surface area (Å²) >= 11 is 0. The van der Waals surface area contributed by atoms with Gasteiger partial charge in [0.2, 0.25) is 11.8 Å². The second-order valence-electron chi connectivity index (χ2n) is 6.15. The topological polar surface area (TPSA) is 75.9 Å². The quantitative estimate of drug-likeness (QED) is 0.805. The van der Waals surface area contributed by atoms with E-state index in [1.165, 1.54) is 13.5 Å². The zero-order valence-electron chi connectivity index (χ0n) is 13.0. The van der Waals surface area contributed by atoms with Gasteiger partial charge in [-0.15, -0.1) is 0 Å². The number of nitrogens with two attached hydrogens (primary N) is 1. The number of hydrogen-bond donors (Lipinski definition) is 1. The largest absolute Gasteiger partial charge is 0.375 e. The number of carbonyl (C=O) groups excluding carboxylic acids is 2. The fourth-order valence-corrected chi connectivity index (χ4v) is 3.44. The van der Waals surface area contributed by atoms with E-state index in [1.54, 1.807) is 4.90 Å². The molecular weight excluding hydrogens is 270 g/mol. The van der Waals surface area contributed by atoms with E-state index in [0.29, 0.717) is 32.7 Å². The Morgan fingerprint density at radius 1 is 1.05 bits per heavy atom. The Bertz CT molecular complexity index is 372. The molecule has 1 aliphatic heterocycles. The zero-order chi connectivity index (χ0) is 15.3. The molecule has 1 saturated heterocycles. The number of hydrogen-bond acceptors (Lipinski definition) is 4. The molecule has 1 saturated carbocycles. The first-order valence-corrected chi connectivity index (χ1v) is 7.89. The van der Waals surface area contributed by atoms with Gasteiger partial charge in [-0.1, -0.05) is 19.3 Å². The standard InChI is InChI=1S/C15H27N3O3/c1-21-11-13(19)17-7-9-18(10-8-17)14(20)15(12-16)5-3-2-4-6-15/h2-12,16H2,1H3. The molecule has 0 spiro atoms. The van der Waals surface area contributed by atoms with Crippen molar-refractivity contribution in [3.63, 3.8) is 0 Å². The highest BCUT2D eigenvalue weighted by Crippen LogP contribution is 2.37. The van der Waals surface area contributed by atoms with Crippen LogP contribution in [0.2, 0.25) is 0 Å². The van der Waals surface area contributed by atoms with Gasteiger partial charge in [0.25, 0.3) is 0 Å². The summed E-state index contributed by atoms with van der Waals surface area (Å²) in [7, 11) is 1.52. The molecule has 0 unspecified atom stereocenters. The van der Waals surface area contributed by atoms with Crippen LogP contribution >= 0.6 is 0 Å². The van der Waals surface area contributed by atoms with Crippen LogP contribution in [0.4, 0.5) is 0 Å². The molecule has 2 amide bonds. The fourth-order valence-electron chi connectivity index (χ4n) is 3.44. The molecule has 0 bridgehead atoms. The summed E-state index contributed by atoms with van der Waals surface area (Å²) < 4.78 is 4.87. The Morgan fingerprint density at radius 3 is 2.14 bits per heavy atom. The van der Waals surface area contributed by atoms with Gasteiger partial charge in [-0.3, -0.25) is 9.59 Å². The van der Waals surface area contributed by atoms with Gasteiger partial charge in [0.1, 0.15) is 6.61 Å². The lowest BCUT2D eigenvalue weighted by molar-refractivity contribution is -0.149. The van der Waals surface area contributed by atoms with Crippen molar-refractivity contribution in [2.24, 2.45) is 11.1 Å². The summed E-state index contributed by atoms with van der Waals surface area (Å²) in [6, 6.07) is 0. The number of amides is 2. The first-order valence-electron chi connectivity index (χ1n) is 7.89. The number of nitrogens with zero attached hydrogens (tertiary/aromatic N) is 2. The maximum absolute atomic E-state index is 12.8. The van der Waals surface area contributed by atoms with Crippen molar-refractivity contribution in [1.82, 2.24) is 9.80 Å². The predicted octanol–water partition coefficient (Wildman–Crippen LogP) is 0.213. The van der Waals surface area contributed by atoms with Crippen LogP contribution in [0.5, 0.6) is 0 Å². The highest BCUT2D eigenvalue weighted by molar-refractivity contribution is 5.84. The zero-order valence-corrected chi connectivity index (χ0v) is 13.0. The maximum atomic E-state index is 12.8. The summed E-state index contributed by atoms with van der Waals surface area (Å²) in [5, 5.41) is 0. The lowest BCUT2D eigenvalue weighted by Crippen LogP contribution is -2.56. The molecular formula is C15H27N3O3. The number of methoxy groups -OCH3 is 1. The van der Waals surface area contributed by atoms with E-state index in [9.17, 15) is 9.59 Å². The van der Waals surface area contributed by atoms with E-state index in [0.717, 1.165) is 25.7 Å². The van der Waals surface area contributed by atoms with Gasteiger partial charge in [0, 0.05) is 39.8 Å². The van der Waals surface area contributed by atoms with Crippen molar-refractivity contribution in [3.8, 4) is 0 Å². The number of piperazine rings is 1. The van der Waals surface area contributed by atoms with Crippen LogP contribution in [-0.2, 0) is 14.3 Å². The summed E-state index contributed by atoms with van der Waals surface area (Å²) in [6.07, 6.45) is 5.20. The number of carbonyl (C=O) groups is 2. The Morgan fingerprint density at radius 2 is 1.62 bits per heavy atom. The van der Waals surface area contributed by atoms with E-state index >= 15 is 0 Å². The molecule has 120 valence electrons. The maximum Gasteiger partial charge on any atom is 0.248 e. The second-order valence-corrected chi connectivity index (χ2v) is 6.15. The normalized spacial score (nSPS) is 22.2. The SMILES string of the molecule is COCC(=O)N1CCN(C(=O)C2(CN)CCCCC2)CC1. The number of ether oxygens (including phenoxy) is 1. The van der Waals surface area contributed by atoms with E-state index in [-0.39, 0.29) is 23.8 Å². The van der Waals surface area contributed by atoms with Gasteiger partial charge >= 0.3 is 0 Å². The van der Waals surface area contributed by atoms with Crippen LogP contribution < -0.4 is 5.73 Å². The molecule has 0 atom stereocenters. The lowest BCUT2D eigenvalue weighted by Gasteiger charge is -2.42. The fraction of sp³-hybridized carbons (Fsp3) is 0.867. The molecule has 2 N–H and O–H groups in total. The van der Waals surface area contributed by atoms with Crippen LogP contribution in [-0.4, -0.2) is 68.1 Å². The van der Waals surface area contributed by atoms with Crippen LogP contribution in [0.3, 0.4) is 0 Å². The minimum atomic E-state index is -0.350. The van der Waals surface area contributed by atoms with Gasteiger partial charge < -0.3 is 20.3 Å². The first kappa shape index (κ1) is 16.2. The molecule has 6 heteroatoms. The van der Waals surface area contributed by atoms with Crippen LogP contribution in [0, 0.1) is 5.41 Å². The average molecular weight is 297 g/mol. The van der Waals surface area contributed by atoms with E-state index in [1.807, 2.05) is 4.90 Å². The molecule has 0 radical (unpaired) electrons. The van der Waals surface area contributed by atoms with Gasteiger partial charge in [-0.2, -0.15) is 0 Å². The molecule has 2 fully saturated rings. The third kappa shape index (κ3) is 3.55. The van der Waals surface area contributed by atoms with Gasteiger partial charge in [-0.05, 0) is 12.8 Å². The first-order chi connectivity index (χ1) is 10.1. The van der Waals surface area contributed by atoms with Crippen molar-refractivity contribution in [3.05, 3.63) is 0 Å². The van der Waals surface area contributed by atoms with Crippen LogP contribution in [0.15, 0.2) is 0 Å². The highest BCUT2D eigenvalue weighted by Gasteiger charge is 2.41. The molecule has 0 aromatic carbocycles. The van der Waals surface area contributed by atoms with Crippen molar-refractivity contribution in [1.29, 1.82) is 0 Å². The van der Waals surface area contributed by atoms with Crippen molar-refractivity contribution >= 4 is 11.8 Å². The molecule has 0 aromatic heterocycles. The molecule has 1 aliphatic carbocycles. The minimum Gasteiger partial charge on any atom is -0.375 e. The van der Waals surface area contributed by atoms with Gasteiger partial charge in [0.15, 0.2) is 0 Å². The molecule has 1 heterocycles. The molecule has 6 nitrogen and oxygen atoms in total. The minimum absolute atomic E-state index is 0.00389. The molecule has 2 rings (SSSR count). The third-order valence-electron chi connectivity index (χ3n) is 4.84. The molecule has 2 aliphatic rings. The smallest absolute Gasteiger partial charge is 0.248 e. The second kappa shape index (κ2) is 7.22. The Hall–Kier alpha value is -1.14. The predicted molar refractivity (Wildman–Crippen MR) is 79.6 cm³/mol. The van der Waals surface area contributed by atoms with E-state index in [2.05, 4.69) is 0 Å². The Balaban J connectivity index is 1.91. The van der Waals surface area contributed by atoms with Crippen molar-refractivity contribution in [2.45, 2.75) is 32.1 Å². The highest BCUT2D eigenvalue weighted by atomic mass is 16.5. The summed E-state index contributed by atoms with van der Waals surface area (Å²) in [5.74, 6) is 0.194. The molecule has 21 heavy (non-hydrogen) atoms. The van der Waals surface area contributed by atoms with Crippen molar-refractivity contribution in [2.75, 3.05) is 46.4 Å². The monoisotopic (exact) mass is 297 g/mol. The summed E-state index contributed by atoms with van der Waals surface area (Å²) in [5.41, 5.74) is 5.58. The van der Waals surface area contributed by atoms with E-state index < -0.39 is 0 Å². The summed E-state index contributed by atoms with van der Waals surface area (Å²) in [6.45, 7) is 2.95. The molecule has 0 aromatic rings. The van der Waals surface area contributed by atoms with Gasteiger partial charge in [0.05, 0.1) is 5.41 Å². The Kier molecular flexibility index (Phi) is 5.58. The third-order valence-corrected chi connectivity index (χ3v) is 4.84. The van der Waals surface area contributed by atoms with Crippen LogP contribution in [0.25, 0.3) is 0 Å². The van der Waals surface area contributed by atoms with Crippen molar-refractivity contribution < 1.29 is 14.3 Å². The lowest BCUT2D eigenvalue weighted by atomic mass is 9.73. The number of rotatable bonds is 4. The summed E-state index contributed by atoms with van der Waals surface area (Å²) in [4.78, 5) is 28.3. The van der Waals surface area contributed by atoms with Gasteiger partial charge in [-0.25, -0.2) is 0 Å². The Labute approximate surface area is 126 Å². The van der Waals surface area contributed by atoms with Crippen LogP contribution in [0.1, 0.15) is 32.1 Å². The average Bonchev–Trinajstić information content (AvgIpc) is 2.55. The van der Waals surface area contributed by atoms with E-state index in [4.69, 9.17) is 10.5 Å².